The number of amides is 1. The molecular weight excluding hydrogens is 342 g/mol. The van der Waals surface area contributed by atoms with Crippen molar-refractivity contribution in [3.63, 3.8) is 0 Å². The topological polar surface area (TPSA) is 81.2 Å². The Balaban J connectivity index is 1.46. The smallest absolute Gasteiger partial charge is 0.252 e. The molecule has 0 aromatic carbocycles. The molecule has 0 saturated carbocycles. The summed E-state index contributed by atoms with van der Waals surface area (Å²) in [5.74, 6) is 1.21. The number of fused-ring (bicyclic) bond motifs is 1. The van der Waals surface area contributed by atoms with Crippen molar-refractivity contribution in [2.45, 2.75) is 58.5 Å². The number of carbonyl (C=O) groups is 1. The standard InChI is InChI=1S/C19H25N7O/c1-14-11-15(2)26-19(21-14)22-17(23-26)12-18(27)25-8-4-3-5-16(25)6-9-24-10-7-20-13-24/h7,10-11,13,16H,3-6,8-9,12H2,1-2H3. The summed E-state index contributed by atoms with van der Waals surface area (Å²) in [6.07, 6.45) is 10.0. The van der Waals surface area contributed by atoms with Crippen LogP contribution in [-0.2, 0) is 17.8 Å². The van der Waals surface area contributed by atoms with Crippen LogP contribution in [0.3, 0.4) is 0 Å². The Bertz CT molecular complexity index is 931. The molecule has 0 spiro atoms. The first-order valence-electron chi connectivity index (χ1n) is 9.55. The minimum atomic E-state index is 0.107. The van der Waals surface area contributed by atoms with Gasteiger partial charge in [-0.25, -0.2) is 14.5 Å². The van der Waals surface area contributed by atoms with Gasteiger partial charge < -0.3 is 9.47 Å². The maximum Gasteiger partial charge on any atom is 0.252 e. The molecule has 142 valence electrons. The summed E-state index contributed by atoms with van der Waals surface area (Å²) in [4.78, 5) is 27.9. The molecule has 8 nitrogen and oxygen atoms in total. The van der Waals surface area contributed by atoms with Gasteiger partial charge in [0.15, 0.2) is 5.82 Å². The molecule has 1 atom stereocenters. The average Bonchev–Trinajstić information content (AvgIpc) is 3.29. The molecule has 3 aromatic rings. The molecular formula is C19H25N7O. The predicted octanol–water partition coefficient (Wildman–Crippen LogP) is 1.95. The number of likely N-dealkylation sites (tertiary alicyclic amines) is 1. The monoisotopic (exact) mass is 367 g/mol. The van der Waals surface area contributed by atoms with Gasteiger partial charge in [0.25, 0.3) is 5.78 Å². The average molecular weight is 367 g/mol. The largest absolute Gasteiger partial charge is 0.339 e. The summed E-state index contributed by atoms with van der Waals surface area (Å²) < 4.78 is 3.78. The van der Waals surface area contributed by atoms with Crippen LogP contribution >= 0.6 is 0 Å². The van der Waals surface area contributed by atoms with Crippen LogP contribution in [0.5, 0.6) is 0 Å². The van der Waals surface area contributed by atoms with Crippen LogP contribution in [0.25, 0.3) is 5.78 Å². The van der Waals surface area contributed by atoms with Gasteiger partial charge in [-0.05, 0) is 45.6 Å². The van der Waals surface area contributed by atoms with Crippen LogP contribution in [0.15, 0.2) is 24.8 Å². The van der Waals surface area contributed by atoms with Gasteiger partial charge in [0.05, 0.1) is 12.7 Å². The summed E-state index contributed by atoms with van der Waals surface area (Å²) in [5.41, 5.74) is 1.88. The number of carbonyl (C=O) groups excluding carboxylic acids is 1. The molecule has 1 aliphatic rings. The number of aromatic nitrogens is 6. The molecule has 1 fully saturated rings. The van der Waals surface area contributed by atoms with E-state index in [9.17, 15) is 4.79 Å². The Morgan fingerprint density at radius 3 is 2.96 bits per heavy atom. The lowest BCUT2D eigenvalue weighted by atomic mass is 9.98. The van der Waals surface area contributed by atoms with Crippen molar-refractivity contribution in [2.75, 3.05) is 6.54 Å². The van der Waals surface area contributed by atoms with Gasteiger partial charge in [-0.1, -0.05) is 0 Å². The van der Waals surface area contributed by atoms with Crippen LogP contribution in [0.4, 0.5) is 0 Å². The fourth-order valence-corrected chi connectivity index (χ4v) is 3.87. The zero-order chi connectivity index (χ0) is 18.8. The van der Waals surface area contributed by atoms with E-state index in [-0.39, 0.29) is 18.4 Å². The van der Waals surface area contributed by atoms with Crippen molar-refractivity contribution in [1.82, 2.24) is 34.0 Å². The Labute approximate surface area is 158 Å². The summed E-state index contributed by atoms with van der Waals surface area (Å²) >= 11 is 0. The van der Waals surface area contributed by atoms with Crippen molar-refractivity contribution in [1.29, 1.82) is 0 Å². The second-order valence-electron chi connectivity index (χ2n) is 7.28. The lowest BCUT2D eigenvalue weighted by molar-refractivity contribution is -0.134. The van der Waals surface area contributed by atoms with Gasteiger partial charge in [-0.3, -0.25) is 4.79 Å². The molecule has 0 radical (unpaired) electrons. The number of nitrogens with zero attached hydrogens (tertiary/aromatic N) is 7. The van der Waals surface area contributed by atoms with E-state index in [1.807, 2.05) is 37.3 Å². The number of piperidine rings is 1. The molecule has 0 N–H and O–H groups in total. The first-order valence-corrected chi connectivity index (χ1v) is 9.55. The van der Waals surface area contributed by atoms with E-state index < -0.39 is 0 Å². The minimum absolute atomic E-state index is 0.107. The predicted molar refractivity (Wildman–Crippen MR) is 100 cm³/mol. The molecule has 1 saturated heterocycles. The van der Waals surface area contributed by atoms with Gasteiger partial charge in [0.1, 0.15) is 0 Å². The third-order valence-corrected chi connectivity index (χ3v) is 5.20. The normalized spacial score (nSPS) is 17.6. The number of rotatable bonds is 5. The van der Waals surface area contributed by atoms with E-state index in [0.29, 0.717) is 11.6 Å². The molecule has 1 aliphatic heterocycles. The van der Waals surface area contributed by atoms with Crippen molar-refractivity contribution in [3.8, 4) is 0 Å². The van der Waals surface area contributed by atoms with E-state index in [0.717, 1.165) is 43.7 Å². The summed E-state index contributed by atoms with van der Waals surface area (Å²) in [7, 11) is 0. The first kappa shape index (κ1) is 17.6. The van der Waals surface area contributed by atoms with Crippen LogP contribution < -0.4 is 0 Å². The third-order valence-electron chi connectivity index (χ3n) is 5.20. The van der Waals surface area contributed by atoms with Gasteiger partial charge >= 0.3 is 0 Å². The van der Waals surface area contributed by atoms with Crippen molar-refractivity contribution < 1.29 is 4.79 Å². The van der Waals surface area contributed by atoms with E-state index >= 15 is 0 Å². The SMILES string of the molecule is Cc1cc(C)n2nc(CC(=O)N3CCCCC3CCn3ccnc3)nc2n1. The summed E-state index contributed by atoms with van der Waals surface area (Å²) in [6, 6.07) is 2.23. The van der Waals surface area contributed by atoms with Crippen LogP contribution in [-0.4, -0.2) is 52.5 Å². The lowest BCUT2D eigenvalue weighted by Crippen LogP contribution is -2.45. The lowest BCUT2D eigenvalue weighted by Gasteiger charge is -2.36. The maximum atomic E-state index is 13.0. The fraction of sp³-hybridized carbons (Fsp3) is 0.526. The highest BCUT2D eigenvalue weighted by Crippen LogP contribution is 2.21. The van der Waals surface area contributed by atoms with Crippen molar-refractivity contribution >= 4 is 11.7 Å². The van der Waals surface area contributed by atoms with Gasteiger partial charge in [0.2, 0.25) is 5.91 Å². The Morgan fingerprint density at radius 1 is 1.26 bits per heavy atom. The highest BCUT2D eigenvalue weighted by molar-refractivity contribution is 5.78. The zero-order valence-corrected chi connectivity index (χ0v) is 15.9. The maximum absolute atomic E-state index is 13.0. The zero-order valence-electron chi connectivity index (χ0n) is 15.9. The minimum Gasteiger partial charge on any atom is -0.339 e. The van der Waals surface area contributed by atoms with Crippen LogP contribution in [0.2, 0.25) is 0 Å². The first-order chi connectivity index (χ1) is 13.1. The molecule has 4 rings (SSSR count). The van der Waals surface area contributed by atoms with Crippen LogP contribution in [0.1, 0.15) is 42.9 Å². The Hall–Kier alpha value is -2.77. The second kappa shape index (κ2) is 7.46. The fourth-order valence-electron chi connectivity index (χ4n) is 3.87. The number of hydrogen-bond acceptors (Lipinski definition) is 5. The molecule has 4 heterocycles. The van der Waals surface area contributed by atoms with E-state index in [2.05, 4.69) is 24.6 Å². The molecule has 0 bridgehead atoms. The molecule has 27 heavy (non-hydrogen) atoms. The molecule has 1 amide bonds. The van der Waals surface area contributed by atoms with Crippen molar-refractivity contribution in [3.05, 3.63) is 42.0 Å². The second-order valence-corrected chi connectivity index (χ2v) is 7.28. The number of imidazole rings is 1. The quantitative estimate of drug-likeness (QED) is 0.688. The van der Waals surface area contributed by atoms with Crippen molar-refractivity contribution in [2.24, 2.45) is 0 Å². The third kappa shape index (κ3) is 3.84. The summed E-state index contributed by atoms with van der Waals surface area (Å²) in [5, 5.41) is 4.48. The van der Waals surface area contributed by atoms with Crippen LogP contribution in [0, 0.1) is 13.8 Å². The van der Waals surface area contributed by atoms with Gasteiger partial charge in [0, 0.05) is 42.9 Å². The highest BCUT2D eigenvalue weighted by Gasteiger charge is 2.27. The highest BCUT2D eigenvalue weighted by atomic mass is 16.2. The number of hydrogen-bond donors (Lipinski definition) is 0. The Morgan fingerprint density at radius 2 is 2.15 bits per heavy atom. The molecule has 0 aliphatic carbocycles. The molecule has 3 aromatic heterocycles. The summed E-state index contributed by atoms with van der Waals surface area (Å²) in [6.45, 7) is 5.60. The van der Waals surface area contributed by atoms with E-state index in [1.165, 1.54) is 6.42 Å². The van der Waals surface area contributed by atoms with E-state index in [4.69, 9.17) is 0 Å². The van der Waals surface area contributed by atoms with Gasteiger partial charge in [-0.15, -0.1) is 5.10 Å². The number of aryl methyl sites for hydroxylation is 3. The van der Waals surface area contributed by atoms with Gasteiger partial charge in [-0.2, -0.15) is 4.98 Å². The Kier molecular flexibility index (Phi) is 4.87. The van der Waals surface area contributed by atoms with E-state index in [1.54, 1.807) is 10.7 Å². The molecule has 8 heteroatoms. The molecule has 1 unspecified atom stereocenters.